The predicted molar refractivity (Wildman–Crippen MR) is 88.4 cm³/mol. The number of hydrogen-bond donors (Lipinski definition) is 4. The summed E-state index contributed by atoms with van der Waals surface area (Å²) < 4.78 is 0. The topological polar surface area (TPSA) is 48.1 Å². The third kappa shape index (κ3) is 12.9. The van der Waals surface area contributed by atoms with E-state index in [1.54, 1.807) is 0 Å². The summed E-state index contributed by atoms with van der Waals surface area (Å²) in [4.78, 5) is 0. The lowest BCUT2D eigenvalue weighted by Crippen LogP contribution is -2.29. The van der Waals surface area contributed by atoms with Crippen LogP contribution in [0.25, 0.3) is 0 Å². The largest absolute Gasteiger partial charge is 0.315 e. The second-order valence-corrected chi connectivity index (χ2v) is 5.83. The van der Waals surface area contributed by atoms with E-state index in [2.05, 4.69) is 21.3 Å². The molecule has 1 heterocycles. The van der Waals surface area contributed by atoms with Crippen molar-refractivity contribution in [3.63, 3.8) is 0 Å². The summed E-state index contributed by atoms with van der Waals surface area (Å²) in [5.41, 5.74) is 0. The number of rotatable bonds is 0. The summed E-state index contributed by atoms with van der Waals surface area (Å²) in [6, 6.07) is 0. The molecule has 1 rings (SSSR count). The van der Waals surface area contributed by atoms with E-state index in [-0.39, 0.29) is 0 Å². The van der Waals surface area contributed by atoms with Crippen LogP contribution in [0.1, 0.15) is 51.4 Å². The minimum atomic E-state index is 1.12. The van der Waals surface area contributed by atoms with Crippen molar-refractivity contribution in [3.8, 4) is 0 Å². The van der Waals surface area contributed by atoms with Gasteiger partial charge in [0, 0.05) is 26.2 Å². The van der Waals surface area contributed by atoms with Gasteiger partial charge in [-0.25, -0.2) is 0 Å². The predicted octanol–water partition coefficient (Wildman–Crippen LogP) is 1.48. The van der Waals surface area contributed by atoms with E-state index in [1.807, 2.05) is 0 Å². The zero-order valence-corrected chi connectivity index (χ0v) is 13.3. The zero-order valence-electron chi connectivity index (χ0n) is 13.3. The highest BCUT2D eigenvalue weighted by Crippen LogP contribution is 1.98. The molecule has 4 heteroatoms. The van der Waals surface area contributed by atoms with Gasteiger partial charge in [-0.2, -0.15) is 0 Å². The Morgan fingerprint density at radius 2 is 0.500 bits per heavy atom. The smallest absolute Gasteiger partial charge is 0.00767 e. The van der Waals surface area contributed by atoms with Gasteiger partial charge < -0.3 is 21.3 Å². The lowest BCUT2D eigenvalue weighted by atomic mass is 10.2. The molecule has 20 heavy (non-hydrogen) atoms. The van der Waals surface area contributed by atoms with Crippen molar-refractivity contribution in [1.82, 2.24) is 21.3 Å². The van der Waals surface area contributed by atoms with Gasteiger partial charge in [0.15, 0.2) is 0 Å². The van der Waals surface area contributed by atoms with Gasteiger partial charge in [0.05, 0.1) is 0 Å². The lowest BCUT2D eigenvalue weighted by molar-refractivity contribution is 0.523. The van der Waals surface area contributed by atoms with Crippen molar-refractivity contribution in [3.05, 3.63) is 0 Å². The van der Waals surface area contributed by atoms with Crippen LogP contribution < -0.4 is 21.3 Å². The van der Waals surface area contributed by atoms with E-state index in [1.165, 1.54) is 77.5 Å². The molecule has 0 amide bonds. The minimum absolute atomic E-state index is 1.12. The van der Waals surface area contributed by atoms with Gasteiger partial charge in [0.2, 0.25) is 0 Å². The monoisotopic (exact) mass is 284 g/mol. The maximum absolute atomic E-state index is 3.52. The molecular formula is C16H36N4. The molecule has 0 radical (unpaired) electrons. The molecule has 0 unspecified atom stereocenters. The Hall–Kier alpha value is -0.160. The summed E-state index contributed by atoms with van der Waals surface area (Å²) in [5.74, 6) is 0. The van der Waals surface area contributed by atoms with Crippen LogP contribution in [-0.4, -0.2) is 52.4 Å². The second-order valence-electron chi connectivity index (χ2n) is 5.83. The average Bonchev–Trinajstić information content (AvgIpc) is 2.46. The molecular weight excluding hydrogens is 248 g/mol. The third-order valence-electron chi connectivity index (χ3n) is 3.87. The SMILES string of the molecule is C1CCCNCCNCCCCCCNCCNCC1. The van der Waals surface area contributed by atoms with Crippen molar-refractivity contribution in [1.29, 1.82) is 0 Å². The fourth-order valence-corrected chi connectivity index (χ4v) is 2.56. The molecule has 120 valence electrons. The molecule has 0 aromatic rings. The van der Waals surface area contributed by atoms with Gasteiger partial charge in [-0.15, -0.1) is 0 Å². The molecule has 1 aliphatic heterocycles. The third-order valence-corrected chi connectivity index (χ3v) is 3.87. The molecule has 4 N–H and O–H groups in total. The summed E-state index contributed by atoms with van der Waals surface area (Å²) in [6.07, 6.45) is 10.7. The molecule has 0 saturated carbocycles. The molecule has 0 aliphatic carbocycles. The van der Waals surface area contributed by atoms with Crippen molar-refractivity contribution in [2.24, 2.45) is 0 Å². The Morgan fingerprint density at radius 1 is 0.250 bits per heavy atom. The first-order valence-corrected chi connectivity index (χ1v) is 8.83. The standard InChI is InChI=1S/C16H36N4/c1-2-6-10-18-15-16-20-12-8-4-3-7-11-19-14-13-17-9-5-1/h17-20H,1-16H2. The highest BCUT2D eigenvalue weighted by molar-refractivity contribution is 4.57. The normalized spacial score (nSPS) is 24.0. The van der Waals surface area contributed by atoms with Crippen LogP contribution in [0.3, 0.4) is 0 Å². The number of nitrogens with one attached hydrogen (secondary N) is 4. The Morgan fingerprint density at radius 3 is 0.750 bits per heavy atom. The van der Waals surface area contributed by atoms with Crippen molar-refractivity contribution in [2.45, 2.75) is 51.4 Å². The Kier molecular flexibility index (Phi) is 13.6. The molecule has 0 aromatic heterocycles. The first-order valence-electron chi connectivity index (χ1n) is 8.83. The molecule has 1 aliphatic rings. The van der Waals surface area contributed by atoms with E-state index in [4.69, 9.17) is 0 Å². The Labute approximate surface area is 125 Å². The van der Waals surface area contributed by atoms with Gasteiger partial charge in [-0.3, -0.25) is 0 Å². The zero-order chi connectivity index (χ0) is 14.1. The highest BCUT2D eigenvalue weighted by Gasteiger charge is 1.94. The van der Waals surface area contributed by atoms with Gasteiger partial charge in [0.1, 0.15) is 0 Å². The molecule has 1 saturated heterocycles. The molecule has 0 aromatic carbocycles. The molecule has 4 nitrogen and oxygen atoms in total. The van der Waals surface area contributed by atoms with Crippen LogP contribution in [0.5, 0.6) is 0 Å². The van der Waals surface area contributed by atoms with Crippen molar-refractivity contribution < 1.29 is 0 Å². The summed E-state index contributed by atoms with van der Waals surface area (Å²) >= 11 is 0. The quantitative estimate of drug-likeness (QED) is 0.544. The first-order chi connectivity index (χ1) is 10.0. The molecule has 1 fully saturated rings. The summed E-state index contributed by atoms with van der Waals surface area (Å²) in [5, 5.41) is 14.1. The summed E-state index contributed by atoms with van der Waals surface area (Å²) in [6.45, 7) is 9.18. The first kappa shape index (κ1) is 17.9. The maximum atomic E-state index is 3.52. The highest BCUT2D eigenvalue weighted by atomic mass is 14.9. The van der Waals surface area contributed by atoms with Gasteiger partial charge in [0.25, 0.3) is 0 Å². The lowest BCUT2D eigenvalue weighted by Gasteiger charge is -2.09. The van der Waals surface area contributed by atoms with Gasteiger partial charge >= 0.3 is 0 Å². The Bertz CT molecular complexity index is 101. The van der Waals surface area contributed by atoms with E-state index >= 15 is 0 Å². The van der Waals surface area contributed by atoms with Gasteiger partial charge in [-0.1, -0.05) is 25.7 Å². The summed E-state index contributed by atoms with van der Waals surface area (Å²) in [7, 11) is 0. The molecule has 0 atom stereocenters. The Balaban J connectivity index is 2.00. The minimum Gasteiger partial charge on any atom is -0.315 e. The van der Waals surface area contributed by atoms with E-state index in [9.17, 15) is 0 Å². The fourth-order valence-electron chi connectivity index (χ4n) is 2.56. The average molecular weight is 284 g/mol. The van der Waals surface area contributed by atoms with Crippen LogP contribution >= 0.6 is 0 Å². The second kappa shape index (κ2) is 15.2. The van der Waals surface area contributed by atoms with Crippen LogP contribution in [-0.2, 0) is 0 Å². The number of hydrogen-bond acceptors (Lipinski definition) is 4. The van der Waals surface area contributed by atoms with Crippen molar-refractivity contribution >= 4 is 0 Å². The van der Waals surface area contributed by atoms with Crippen LogP contribution in [0.2, 0.25) is 0 Å². The van der Waals surface area contributed by atoms with E-state index in [0.29, 0.717) is 0 Å². The fraction of sp³-hybridized carbons (Fsp3) is 1.00. The molecule has 0 bridgehead atoms. The maximum Gasteiger partial charge on any atom is 0.00767 e. The van der Waals surface area contributed by atoms with Crippen LogP contribution in [0.15, 0.2) is 0 Å². The van der Waals surface area contributed by atoms with Gasteiger partial charge in [-0.05, 0) is 51.9 Å². The molecule has 0 spiro atoms. The van der Waals surface area contributed by atoms with E-state index < -0.39 is 0 Å². The van der Waals surface area contributed by atoms with Crippen molar-refractivity contribution in [2.75, 3.05) is 52.4 Å². The van der Waals surface area contributed by atoms with E-state index in [0.717, 1.165) is 26.2 Å². The van der Waals surface area contributed by atoms with Crippen LogP contribution in [0.4, 0.5) is 0 Å². The van der Waals surface area contributed by atoms with Crippen LogP contribution in [0, 0.1) is 0 Å².